The van der Waals surface area contributed by atoms with Crippen LogP contribution in [0.15, 0.2) is 47.5 Å². The van der Waals surface area contributed by atoms with E-state index in [0.717, 1.165) is 11.1 Å². The minimum Gasteiger partial charge on any atom is -0.487 e. The van der Waals surface area contributed by atoms with E-state index in [9.17, 15) is 4.79 Å². The molecule has 0 unspecified atom stereocenters. The van der Waals surface area contributed by atoms with Gasteiger partial charge in [0.15, 0.2) is 11.5 Å². The van der Waals surface area contributed by atoms with Crippen molar-refractivity contribution in [1.29, 1.82) is 5.26 Å². The zero-order chi connectivity index (χ0) is 19.4. The van der Waals surface area contributed by atoms with E-state index in [-0.39, 0.29) is 11.9 Å². The molecule has 0 fully saturated rings. The van der Waals surface area contributed by atoms with Crippen molar-refractivity contribution in [1.82, 2.24) is 4.90 Å². The summed E-state index contributed by atoms with van der Waals surface area (Å²) >= 11 is 0. The Morgan fingerprint density at radius 2 is 1.96 bits per heavy atom. The predicted molar refractivity (Wildman–Crippen MR) is 102 cm³/mol. The third-order valence-corrected chi connectivity index (χ3v) is 5.13. The average molecular weight is 360 g/mol. The second-order valence-electron chi connectivity index (χ2n) is 7.64. The topological polar surface area (TPSA) is 91.7 Å². The predicted octanol–water partition coefficient (Wildman–Crippen LogP) is 2.77. The fourth-order valence-electron chi connectivity index (χ4n) is 3.93. The molecule has 2 aliphatic rings. The Hall–Kier alpha value is -3.33. The first kappa shape index (κ1) is 17.1. The highest BCUT2D eigenvalue weighted by molar-refractivity contribution is 6.07. The number of nitrogens with zero attached hydrogens (tertiary/aromatic N) is 3. The number of hydrogen-bond acceptors (Lipinski definition) is 5. The summed E-state index contributed by atoms with van der Waals surface area (Å²) in [7, 11) is 1.64. The van der Waals surface area contributed by atoms with Gasteiger partial charge in [0, 0.05) is 19.0 Å². The molecule has 0 aliphatic carbocycles. The van der Waals surface area contributed by atoms with E-state index in [2.05, 4.69) is 11.1 Å². The normalized spacial score (nSPS) is 22.8. The van der Waals surface area contributed by atoms with Gasteiger partial charge in [-0.25, -0.2) is 4.99 Å². The van der Waals surface area contributed by atoms with Crippen LogP contribution in [0.4, 0.5) is 0 Å². The van der Waals surface area contributed by atoms with Crippen LogP contribution in [0.25, 0.3) is 11.1 Å². The number of benzene rings is 2. The van der Waals surface area contributed by atoms with Crippen molar-refractivity contribution in [3.05, 3.63) is 53.6 Å². The molecule has 0 aromatic heterocycles. The summed E-state index contributed by atoms with van der Waals surface area (Å²) < 4.78 is 6.13. The summed E-state index contributed by atoms with van der Waals surface area (Å²) in [5.74, 6) is 0.688. The minimum absolute atomic E-state index is 0.152. The SMILES string of the molecule is CN1C(=O)[C@]2(CC(C)(C)Oc3ccc(-c4cccc(C#N)c4)cc32)N=C1N. The summed E-state index contributed by atoms with van der Waals surface area (Å²) in [5, 5.41) is 9.17. The number of guanidine groups is 1. The van der Waals surface area contributed by atoms with Gasteiger partial charge in [-0.2, -0.15) is 5.26 Å². The van der Waals surface area contributed by atoms with Gasteiger partial charge in [0.05, 0.1) is 11.6 Å². The van der Waals surface area contributed by atoms with Crippen LogP contribution >= 0.6 is 0 Å². The molecule has 1 amide bonds. The number of fused-ring (bicyclic) bond motifs is 2. The van der Waals surface area contributed by atoms with Crippen LogP contribution in [0.5, 0.6) is 5.75 Å². The first-order chi connectivity index (χ1) is 12.8. The Balaban J connectivity index is 1.92. The third kappa shape index (κ3) is 2.55. The van der Waals surface area contributed by atoms with Gasteiger partial charge < -0.3 is 10.5 Å². The molecule has 0 saturated carbocycles. The van der Waals surface area contributed by atoms with Gasteiger partial charge >= 0.3 is 0 Å². The molecule has 1 spiro atoms. The standard InChI is InChI=1S/C21H20N4O2/c1-20(2)12-21(18(26)25(3)19(23)24-21)16-10-15(7-8-17(16)27-20)14-6-4-5-13(9-14)11-22/h4-10H,12H2,1-3H3,(H2,23,24)/t21-/m1/s1. The van der Waals surface area contributed by atoms with Crippen LogP contribution in [-0.4, -0.2) is 29.4 Å². The molecular formula is C21H20N4O2. The number of hydrogen-bond donors (Lipinski definition) is 1. The Bertz CT molecular complexity index is 1030. The number of carbonyl (C=O) groups is 1. The van der Waals surface area contributed by atoms with Crippen molar-refractivity contribution in [2.24, 2.45) is 10.7 Å². The molecule has 0 radical (unpaired) electrons. The van der Waals surface area contributed by atoms with Gasteiger partial charge in [0.2, 0.25) is 0 Å². The molecular weight excluding hydrogens is 340 g/mol. The number of ether oxygens (including phenoxy) is 1. The molecule has 27 heavy (non-hydrogen) atoms. The van der Waals surface area contributed by atoms with E-state index in [4.69, 9.17) is 15.7 Å². The molecule has 0 bridgehead atoms. The second kappa shape index (κ2) is 5.58. The maximum absolute atomic E-state index is 13.1. The van der Waals surface area contributed by atoms with Gasteiger partial charge in [-0.1, -0.05) is 18.2 Å². The number of likely N-dealkylation sites (N-methyl/N-ethyl adjacent to an activating group) is 1. The van der Waals surface area contributed by atoms with Crippen molar-refractivity contribution < 1.29 is 9.53 Å². The van der Waals surface area contributed by atoms with Crippen LogP contribution < -0.4 is 10.5 Å². The molecule has 2 heterocycles. The second-order valence-corrected chi connectivity index (χ2v) is 7.64. The Morgan fingerprint density at radius 3 is 2.63 bits per heavy atom. The molecule has 1 atom stereocenters. The van der Waals surface area contributed by atoms with Crippen molar-refractivity contribution in [2.45, 2.75) is 31.4 Å². The zero-order valence-corrected chi connectivity index (χ0v) is 15.5. The van der Waals surface area contributed by atoms with Crippen molar-refractivity contribution in [3.63, 3.8) is 0 Å². The minimum atomic E-state index is -1.08. The highest BCUT2D eigenvalue weighted by atomic mass is 16.5. The molecule has 6 nitrogen and oxygen atoms in total. The molecule has 6 heteroatoms. The largest absolute Gasteiger partial charge is 0.487 e. The molecule has 136 valence electrons. The highest BCUT2D eigenvalue weighted by Gasteiger charge is 2.55. The lowest BCUT2D eigenvalue weighted by molar-refractivity contribution is -0.133. The number of nitriles is 1. The monoisotopic (exact) mass is 360 g/mol. The number of nitrogens with two attached hydrogens (primary N) is 1. The van der Waals surface area contributed by atoms with E-state index in [1.54, 1.807) is 13.1 Å². The fourth-order valence-corrected chi connectivity index (χ4v) is 3.93. The first-order valence-electron chi connectivity index (χ1n) is 8.73. The summed E-state index contributed by atoms with van der Waals surface area (Å²) in [4.78, 5) is 19.1. The van der Waals surface area contributed by atoms with Gasteiger partial charge in [0.25, 0.3) is 5.91 Å². The average Bonchev–Trinajstić information content (AvgIpc) is 2.85. The number of amides is 1. The quantitative estimate of drug-likeness (QED) is 0.846. The maximum atomic E-state index is 13.1. The molecule has 4 rings (SSSR count). The molecule has 2 aliphatic heterocycles. The summed E-state index contributed by atoms with van der Waals surface area (Å²) in [5.41, 5.74) is 7.42. The Labute approximate surface area is 157 Å². The summed E-state index contributed by atoms with van der Waals surface area (Å²) in [6.45, 7) is 3.89. The maximum Gasteiger partial charge on any atom is 0.261 e. The van der Waals surface area contributed by atoms with Gasteiger partial charge in [-0.3, -0.25) is 9.69 Å². The van der Waals surface area contributed by atoms with Crippen LogP contribution in [0.1, 0.15) is 31.4 Å². The van der Waals surface area contributed by atoms with E-state index in [1.165, 1.54) is 4.90 Å². The lowest BCUT2D eigenvalue weighted by Gasteiger charge is -2.41. The molecule has 2 aromatic rings. The van der Waals surface area contributed by atoms with Gasteiger partial charge in [0.1, 0.15) is 11.4 Å². The van der Waals surface area contributed by atoms with E-state index in [1.807, 2.05) is 50.2 Å². The smallest absolute Gasteiger partial charge is 0.261 e. The van der Waals surface area contributed by atoms with E-state index >= 15 is 0 Å². The first-order valence-corrected chi connectivity index (χ1v) is 8.73. The Morgan fingerprint density at radius 1 is 1.22 bits per heavy atom. The van der Waals surface area contributed by atoms with Gasteiger partial charge in [-0.05, 0) is 49.2 Å². The number of carbonyl (C=O) groups excluding carboxylic acids is 1. The van der Waals surface area contributed by atoms with Crippen LogP contribution in [0.2, 0.25) is 0 Å². The van der Waals surface area contributed by atoms with Crippen LogP contribution in [-0.2, 0) is 10.3 Å². The van der Waals surface area contributed by atoms with Crippen molar-refractivity contribution >= 4 is 11.9 Å². The van der Waals surface area contributed by atoms with Crippen LogP contribution in [0.3, 0.4) is 0 Å². The molecule has 0 saturated heterocycles. The fraction of sp³-hybridized carbons (Fsp3) is 0.286. The summed E-state index contributed by atoms with van der Waals surface area (Å²) in [6, 6.07) is 15.2. The lowest BCUT2D eigenvalue weighted by atomic mass is 9.77. The number of rotatable bonds is 1. The lowest BCUT2D eigenvalue weighted by Crippen LogP contribution is -2.49. The molecule has 2 aromatic carbocycles. The van der Waals surface area contributed by atoms with Crippen LogP contribution in [0, 0.1) is 11.3 Å². The highest BCUT2D eigenvalue weighted by Crippen LogP contribution is 2.49. The van der Waals surface area contributed by atoms with E-state index < -0.39 is 11.1 Å². The number of aliphatic imine (C=N–C) groups is 1. The summed E-state index contributed by atoms with van der Waals surface area (Å²) in [6.07, 6.45) is 0.401. The Kier molecular flexibility index (Phi) is 3.54. The van der Waals surface area contributed by atoms with E-state index in [0.29, 0.717) is 23.3 Å². The van der Waals surface area contributed by atoms with Gasteiger partial charge in [-0.15, -0.1) is 0 Å². The third-order valence-electron chi connectivity index (χ3n) is 5.13. The van der Waals surface area contributed by atoms with Crippen molar-refractivity contribution in [2.75, 3.05) is 7.05 Å². The molecule has 2 N–H and O–H groups in total. The van der Waals surface area contributed by atoms with Crippen molar-refractivity contribution in [3.8, 4) is 22.9 Å². The zero-order valence-electron chi connectivity index (χ0n) is 15.5.